The Hall–Kier alpha value is 0.130. The van der Waals surface area contributed by atoms with Crippen molar-refractivity contribution in [1.82, 2.24) is 0 Å². The van der Waals surface area contributed by atoms with Crippen molar-refractivity contribution >= 4 is 54.8 Å². The van der Waals surface area contributed by atoms with Gasteiger partial charge in [-0.25, -0.2) is 0 Å². The van der Waals surface area contributed by atoms with Crippen LogP contribution in [0.3, 0.4) is 0 Å². The SMILES string of the molecule is OC(Cc1ccc(Br)s1)c1ccc(Cl)cc1Br. The topological polar surface area (TPSA) is 20.2 Å². The number of thiophene rings is 1. The van der Waals surface area contributed by atoms with Gasteiger partial charge in [0.25, 0.3) is 0 Å². The number of hydrogen-bond acceptors (Lipinski definition) is 2. The van der Waals surface area contributed by atoms with Crippen LogP contribution < -0.4 is 0 Å². The van der Waals surface area contributed by atoms with Crippen LogP contribution in [0.2, 0.25) is 5.02 Å². The number of benzene rings is 1. The predicted octanol–water partition coefficient (Wildman–Crippen LogP) is 5.20. The highest BCUT2D eigenvalue weighted by atomic mass is 79.9. The van der Waals surface area contributed by atoms with Gasteiger partial charge in [-0.1, -0.05) is 33.6 Å². The molecule has 1 nitrogen and oxygen atoms in total. The third-order valence-electron chi connectivity index (χ3n) is 2.34. The lowest BCUT2D eigenvalue weighted by atomic mass is 10.1. The van der Waals surface area contributed by atoms with E-state index < -0.39 is 6.10 Å². The van der Waals surface area contributed by atoms with Crippen LogP contribution in [-0.2, 0) is 6.42 Å². The molecule has 17 heavy (non-hydrogen) atoms. The molecule has 1 atom stereocenters. The summed E-state index contributed by atoms with van der Waals surface area (Å²) in [7, 11) is 0. The van der Waals surface area contributed by atoms with Crippen molar-refractivity contribution in [2.45, 2.75) is 12.5 Å². The summed E-state index contributed by atoms with van der Waals surface area (Å²) in [4.78, 5) is 1.14. The second-order valence-electron chi connectivity index (χ2n) is 3.59. The molecule has 1 N–H and O–H groups in total. The Morgan fingerprint density at radius 3 is 2.59 bits per heavy atom. The highest BCUT2D eigenvalue weighted by Crippen LogP contribution is 2.31. The maximum Gasteiger partial charge on any atom is 0.0849 e. The molecule has 0 spiro atoms. The van der Waals surface area contributed by atoms with Gasteiger partial charge in [-0.15, -0.1) is 11.3 Å². The molecule has 1 heterocycles. The van der Waals surface area contributed by atoms with Gasteiger partial charge in [0.05, 0.1) is 9.89 Å². The molecule has 1 unspecified atom stereocenters. The van der Waals surface area contributed by atoms with E-state index in [-0.39, 0.29) is 0 Å². The lowest BCUT2D eigenvalue weighted by Gasteiger charge is -2.12. The molecular formula is C12H9Br2ClOS. The zero-order valence-corrected chi connectivity index (χ0v) is 13.4. The summed E-state index contributed by atoms with van der Waals surface area (Å²) in [6.07, 6.45) is 0.0865. The summed E-state index contributed by atoms with van der Waals surface area (Å²) in [6, 6.07) is 9.44. The number of hydrogen-bond donors (Lipinski definition) is 1. The van der Waals surface area contributed by atoms with Gasteiger partial charge < -0.3 is 5.11 Å². The standard InChI is InChI=1S/C12H9Br2ClOS/c13-10-5-7(15)1-3-9(10)11(16)6-8-2-4-12(14)17-8/h1-5,11,16H,6H2. The second-order valence-corrected chi connectivity index (χ2v) is 7.43. The highest BCUT2D eigenvalue weighted by Gasteiger charge is 2.13. The lowest BCUT2D eigenvalue weighted by Crippen LogP contribution is -2.01. The van der Waals surface area contributed by atoms with Crippen molar-refractivity contribution in [2.24, 2.45) is 0 Å². The molecule has 90 valence electrons. The van der Waals surface area contributed by atoms with E-state index in [9.17, 15) is 5.11 Å². The van der Waals surface area contributed by atoms with Crippen molar-refractivity contribution in [1.29, 1.82) is 0 Å². The monoisotopic (exact) mass is 394 g/mol. The molecule has 2 rings (SSSR count). The Morgan fingerprint density at radius 1 is 1.24 bits per heavy atom. The fraction of sp³-hybridized carbons (Fsp3) is 0.167. The summed E-state index contributed by atoms with van der Waals surface area (Å²) in [5, 5.41) is 10.8. The number of aliphatic hydroxyl groups excluding tert-OH is 1. The lowest BCUT2D eigenvalue weighted by molar-refractivity contribution is 0.178. The van der Waals surface area contributed by atoms with Crippen molar-refractivity contribution < 1.29 is 5.11 Å². The van der Waals surface area contributed by atoms with Gasteiger partial charge in [-0.3, -0.25) is 0 Å². The molecule has 5 heteroatoms. The Kier molecular flexibility index (Phi) is 4.66. The predicted molar refractivity (Wildman–Crippen MR) is 79.8 cm³/mol. The normalized spacial score (nSPS) is 12.7. The van der Waals surface area contributed by atoms with Crippen LogP contribution in [0.15, 0.2) is 38.6 Å². The first-order chi connectivity index (χ1) is 8.06. The van der Waals surface area contributed by atoms with E-state index in [1.807, 2.05) is 18.2 Å². The van der Waals surface area contributed by atoms with E-state index in [1.54, 1.807) is 23.5 Å². The van der Waals surface area contributed by atoms with Crippen molar-refractivity contribution in [3.63, 3.8) is 0 Å². The first-order valence-electron chi connectivity index (χ1n) is 4.93. The molecule has 0 radical (unpaired) electrons. The van der Waals surface area contributed by atoms with Gasteiger partial charge in [0.1, 0.15) is 0 Å². The van der Waals surface area contributed by atoms with Crippen molar-refractivity contribution in [2.75, 3.05) is 0 Å². The molecule has 1 aromatic heterocycles. The van der Waals surface area contributed by atoms with Crippen LogP contribution in [0.1, 0.15) is 16.5 Å². The Labute approximate surface area is 126 Å². The largest absolute Gasteiger partial charge is 0.388 e. The van der Waals surface area contributed by atoms with Crippen LogP contribution in [0.25, 0.3) is 0 Å². The average Bonchev–Trinajstić information content (AvgIpc) is 2.63. The number of aliphatic hydroxyl groups is 1. The van der Waals surface area contributed by atoms with Gasteiger partial charge in [-0.2, -0.15) is 0 Å². The smallest absolute Gasteiger partial charge is 0.0849 e. The molecule has 0 saturated carbocycles. The first kappa shape index (κ1) is 13.6. The maximum atomic E-state index is 10.2. The van der Waals surface area contributed by atoms with E-state index in [1.165, 1.54) is 0 Å². The quantitative estimate of drug-likeness (QED) is 0.756. The van der Waals surface area contributed by atoms with Gasteiger partial charge in [0.2, 0.25) is 0 Å². The minimum atomic E-state index is -0.521. The highest BCUT2D eigenvalue weighted by molar-refractivity contribution is 9.11. The molecule has 0 fully saturated rings. The zero-order chi connectivity index (χ0) is 12.4. The Bertz CT molecular complexity index is 527. The van der Waals surface area contributed by atoms with Gasteiger partial charge in [0, 0.05) is 20.8 Å². The van der Waals surface area contributed by atoms with Gasteiger partial charge >= 0.3 is 0 Å². The Morgan fingerprint density at radius 2 is 2.00 bits per heavy atom. The Balaban J connectivity index is 2.17. The maximum absolute atomic E-state index is 10.2. The fourth-order valence-corrected chi connectivity index (χ4v) is 4.00. The zero-order valence-electron chi connectivity index (χ0n) is 8.66. The molecule has 0 aliphatic rings. The van der Waals surface area contributed by atoms with Crippen molar-refractivity contribution in [3.8, 4) is 0 Å². The molecule has 0 saturated heterocycles. The summed E-state index contributed by atoms with van der Waals surface area (Å²) in [5.41, 5.74) is 0.860. The van der Waals surface area contributed by atoms with Crippen LogP contribution in [0.5, 0.6) is 0 Å². The molecule has 0 bridgehead atoms. The molecule has 1 aromatic carbocycles. The molecular weight excluding hydrogens is 387 g/mol. The number of halogens is 3. The summed E-state index contributed by atoms with van der Waals surface area (Å²) in [5.74, 6) is 0. The third kappa shape index (κ3) is 3.55. The van der Waals surface area contributed by atoms with E-state index in [4.69, 9.17) is 11.6 Å². The summed E-state index contributed by atoms with van der Waals surface area (Å²) >= 11 is 14.3. The summed E-state index contributed by atoms with van der Waals surface area (Å²) < 4.78 is 1.92. The third-order valence-corrected chi connectivity index (χ3v) is 4.91. The molecule has 2 aromatic rings. The van der Waals surface area contributed by atoms with Crippen LogP contribution in [-0.4, -0.2) is 5.11 Å². The van der Waals surface area contributed by atoms with Crippen molar-refractivity contribution in [3.05, 3.63) is 54.1 Å². The van der Waals surface area contributed by atoms with E-state index in [2.05, 4.69) is 31.9 Å². The number of rotatable bonds is 3. The summed E-state index contributed by atoms with van der Waals surface area (Å²) in [6.45, 7) is 0. The second kappa shape index (κ2) is 5.85. The van der Waals surface area contributed by atoms with E-state index in [0.717, 1.165) is 18.7 Å². The van der Waals surface area contributed by atoms with Crippen LogP contribution in [0, 0.1) is 0 Å². The first-order valence-corrected chi connectivity index (χ1v) is 7.71. The van der Waals surface area contributed by atoms with Crippen LogP contribution >= 0.6 is 54.8 Å². The molecule has 0 aliphatic heterocycles. The average molecular weight is 397 g/mol. The van der Waals surface area contributed by atoms with Crippen LogP contribution in [0.4, 0.5) is 0 Å². The molecule has 0 aliphatic carbocycles. The van der Waals surface area contributed by atoms with Gasteiger partial charge in [-0.05, 0) is 45.8 Å². The minimum absolute atomic E-state index is 0.521. The van der Waals surface area contributed by atoms with E-state index in [0.29, 0.717) is 11.4 Å². The van der Waals surface area contributed by atoms with E-state index >= 15 is 0 Å². The molecule has 0 amide bonds. The fourth-order valence-electron chi connectivity index (χ4n) is 1.53. The van der Waals surface area contributed by atoms with Gasteiger partial charge in [0.15, 0.2) is 0 Å². The minimum Gasteiger partial charge on any atom is -0.388 e.